The van der Waals surface area contributed by atoms with Gasteiger partial charge in [0, 0.05) is 0 Å². The minimum Gasteiger partial charge on any atom is -0.490 e. The van der Waals surface area contributed by atoms with Crippen LogP contribution in [0.2, 0.25) is 0 Å². The molecule has 0 aromatic heterocycles. The van der Waals surface area contributed by atoms with E-state index >= 15 is 0 Å². The van der Waals surface area contributed by atoms with Crippen molar-refractivity contribution in [3.05, 3.63) is 23.8 Å². The predicted molar refractivity (Wildman–Crippen MR) is 73.5 cm³/mol. The van der Waals surface area contributed by atoms with Crippen molar-refractivity contribution in [3.8, 4) is 11.5 Å². The van der Waals surface area contributed by atoms with Gasteiger partial charge in [0.1, 0.15) is 30.3 Å². The molecule has 0 amide bonds. The summed E-state index contributed by atoms with van der Waals surface area (Å²) in [6, 6.07) is 3.95. The van der Waals surface area contributed by atoms with E-state index in [1.54, 1.807) is 0 Å². The van der Waals surface area contributed by atoms with Crippen LogP contribution < -0.4 is 9.47 Å². The maximum absolute atomic E-state index is 11.2. The number of benzene rings is 1. The summed E-state index contributed by atoms with van der Waals surface area (Å²) in [5, 5.41) is 17.6. The molecule has 1 aromatic rings. The zero-order valence-corrected chi connectivity index (χ0v) is 11.9. The summed E-state index contributed by atoms with van der Waals surface area (Å²) in [5.41, 5.74) is -0.158. The van der Waals surface area contributed by atoms with E-state index < -0.39 is 18.5 Å². The molecule has 8 nitrogen and oxygen atoms in total. The fourth-order valence-electron chi connectivity index (χ4n) is 1.46. The Kier molecular flexibility index (Phi) is 6.84. The van der Waals surface area contributed by atoms with Crippen molar-refractivity contribution in [2.24, 2.45) is 0 Å². The number of aliphatic carboxylic acids is 1. The molecule has 0 aliphatic heterocycles. The molecular formula is C14H16O8. The molecular weight excluding hydrogens is 296 g/mol. The highest BCUT2D eigenvalue weighted by molar-refractivity contribution is 5.91. The van der Waals surface area contributed by atoms with Crippen molar-refractivity contribution in [1.82, 2.24) is 0 Å². The van der Waals surface area contributed by atoms with Gasteiger partial charge in [-0.05, 0) is 25.1 Å². The largest absolute Gasteiger partial charge is 0.490 e. The van der Waals surface area contributed by atoms with Crippen LogP contribution in [0.1, 0.15) is 17.3 Å². The first-order valence-electron chi connectivity index (χ1n) is 6.32. The molecule has 120 valence electrons. The van der Waals surface area contributed by atoms with Gasteiger partial charge in [0.2, 0.25) is 0 Å². The molecule has 0 atom stereocenters. The molecule has 0 saturated carbocycles. The summed E-state index contributed by atoms with van der Waals surface area (Å²) in [4.78, 5) is 32.2. The Morgan fingerprint density at radius 2 is 1.77 bits per heavy atom. The molecule has 0 aliphatic carbocycles. The van der Waals surface area contributed by atoms with Crippen LogP contribution in [0.25, 0.3) is 0 Å². The number of carbonyl (C=O) groups is 3. The Hall–Kier alpha value is -2.61. The molecule has 8 heteroatoms. The van der Waals surface area contributed by atoms with Gasteiger partial charge >= 0.3 is 11.9 Å². The van der Waals surface area contributed by atoms with E-state index in [9.17, 15) is 14.4 Å². The summed E-state index contributed by atoms with van der Waals surface area (Å²) in [5.74, 6) is -2.31. The molecule has 0 unspecified atom stereocenters. The second-order valence-corrected chi connectivity index (χ2v) is 4.25. The van der Waals surface area contributed by atoms with Crippen LogP contribution in [-0.4, -0.2) is 54.4 Å². The second-order valence-electron chi connectivity index (χ2n) is 4.25. The van der Waals surface area contributed by atoms with Crippen LogP contribution in [0.3, 0.4) is 0 Å². The highest BCUT2D eigenvalue weighted by Gasteiger charge is 2.13. The van der Waals surface area contributed by atoms with Gasteiger partial charge in [-0.2, -0.15) is 0 Å². The van der Waals surface area contributed by atoms with E-state index in [0.717, 1.165) is 0 Å². The van der Waals surface area contributed by atoms with Gasteiger partial charge in [0.05, 0.1) is 6.61 Å². The van der Waals surface area contributed by atoms with E-state index in [1.165, 1.54) is 25.1 Å². The van der Waals surface area contributed by atoms with E-state index in [2.05, 4.69) is 0 Å². The number of carboxylic acid groups (broad SMARTS) is 2. The third kappa shape index (κ3) is 6.23. The molecule has 0 fully saturated rings. The maximum Gasteiger partial charge on any atom is 0.341 e. The predicted octanol–water partition coefficient (Wildman–Crippen LogP) is 0.833. The molecule has 1 aromatic carbocycles. The van der Waals surface area contributed by atoms with Crippen molar-refractivity contribution in [2.75, 3.05) is 26.4 Å². The number of aromatic carboxylic acids is 1. The number of ether oxygens (including phenoxy) is 3. The lowest BCUT2D eigenvalue weighted by molar-refractivity contribution is -0.139. The van der Waals surface area contributed by atoms with Crippen LogP contribution in [0.5, 0.6) is 11.5 Å². The van der Waals surface area contributed by atoms with Crippen molar-refractivity contribution in [2.45, 2.75) is 6.92 Å². The van der Waals surface area contributed by atoms with Crippen LogP contribution >= 0.6 is 0 Å². The fraction of sp³-hybridized carbons (Fsp3) is 0.357. The van der Waals surface area contributed by atoms with E-state index in [0.29, 0.717) is 0 Å². The van der Waals surface area contributed by atoms with E-state index in [1.807, 2.05) is 0 Å². The quantitative estimate of drug-likeness (QED) is 0.610. The van der Waals surface area contributed by atoms with Gasteiger partial charge in [-0.15, -0.1) is 0 Å². The highest BCUT2D eigenvalue weighted by Crippen LogP contribution is 2.24. The maximum atomic E-state index is 11.2. The Morgan fingerprint density at radius 1 is 1.05 bits per heavy atom. The minimum atomic E-state index is -1.24. The van der Waals surface area contributed by atoms with Gasteiger partial charge in [-0.1, -0.05) is 0 Å². The number of Topliss-reactive ketones (excluding diaryl/α,β-unsaturated/α-hetero) is 1. The van der Waals surface area contributed by atoms with Crippen molar-refractivity contribution < 1.29 is 38.8 Å². The monoisotopic (exact) mass is 312 g/mol. The lowest BCUT2D eigenvalue weighted by atomic mass is 10.2. The Balaban J connectivity index is 2.63. The highest BCUT2D eigenvalue weighted by atomic mass is 16.5. The lowest BCUT2D eigenvalue weighted by Gasteiger charge is -2.11. The van der Waals surface area contributed by atoms with Gasteiger partial charge in [-0.25, -0.2) is 9.59 Å². The zero-order valence-electron chi connectivity index (χ0n) is 11.9. The number of hydrogen-bond donors (Lipinski definition) is 2. The first-order chi connectivity index (χ1) is 10.4. The SMILES string of the molecule is CC(=O)COCCOc1ccc(OCC(=O)O)cc1C(=O)O. The number of hydrogen-bond acceptors (Lipinski definition) is 6. The second kappa shape index (κ2) is 8.63. The zero-order chi connectivity index (χ0) is 16.5. The Morgan fingerprint density at radius 3 is 2.36 bits per heavy atom. The Labute approximate surface area is 126 Å². The summed E-state index contributed by atoms with van der Waals surface area (Å²) in [6.45, 7) is 0.993. The molecule has 2 N–H and O–H groups in total. The lowest BCUT2D eigenvalue weighted by Crippen LogP contribution is -2.13. The first kappa shape index (κ1) is 17.4. The average molecular weight is 312 g/mol. The minimum absolute atomic E-state index is 0.0306. The number of carboxylic acids is 2. The molecule has 0 heterocycles. The van der Waals surface area contributed by atoms with Crippen molar-refractivity contribution in [3.63, 3.8) is 0 Å². The third-order valence-corrected chi connectivity index (χ3v) is 2.33. The number of rotatable bonds is 10. The standard InChI is InChI=1S/C14H16O8/c1-9(15)7-20-4-5-21-12-3-2-10(22-8-13(16)17)6-11(12)14(18)19/h2-3,6H,4-5,7-8H2,1H3,(H,16,17)(H,18,19). The molecule has 22 heavy (non-hydrogen) atoms. The normalized spacial score (nSPS) is 10.0. The smallest absolute Gasteiger partial charge is 0.341 e. The van der Waals surface area contributed by atoms with Gasteiger partial charge in [0.15, 0.2) is 12.4 Å². The van der Waals surface area contributed by atoms with Crippen molar-refractivity contribution >= 4 is 17.7 Å². The summed E-state index contributed by atoms with van der Waals surface area (Å²) in [6.07, 6.45) is 0. The van der Waals surface area contributed by atoms with Crippen LogP contribution in [0, 0.1) is 0 Å². The molecule has 0 radical (unpaired) electrons. The molecule has 0 bridgehead atoms. The number of ketones is 1. The van der Waals surface area contributed by atoms with Gasteiger partial charge in [0.25, 0.3) is 0 Å². The molecule has 0 saturated heterocycles. The van der Waals surface area contributed by atoms with Crippen LogP contribution in [0.15, 0.2) is 18.2 Å². The van der Waals surface area contributed by atoms with E-state index in [-0.39, 0.29) is 42.7 Å². The summed E-state index contributed by atoms with van der Waals surface area (Å²) in [7, 11) is 0. The Bertz CT molecular complexity index is 552. The van der Waals surface area contributed by atoms with Crippen LogP contribution in [-0.2, 0) is 14.3 Å². The summed E-state index contributed by atoms with van der Waals surface area (Å²) < 4.78 is 15.2. The van der Waals surface area contributed by atoms with E-state index in [4.69, 9.17) is 24.4 Å². The van der Waals surface area contributed by atoms with Crippen LogP contribution in [0.4, 0.5) is 0 Å². The third-order valence-electron chi connectivity index (χ3n) is 2.33. The van der Waals surface area contributed by atoms with Crippen molar-refractivity contribution in [1.29, 1.82) is 0 Å². The summed E-state index contributed by atoms with van der Waals surface area (Å²) >= 11 is 0. The average Bonchev–Trinajstić information content (AvgIpc) is 2.44. The topological polar surface area (TPSA) is 119 Å². The molecule has 0 spiro atoms. The molecule has 1 rings (SSSR count). The van der Waals surface area contributed by atoms with Gasteiger partial charge < -0.3 is 24.4 Å². The first-order valence-corrected chi connectivity index (χ1v) is 6.32. The number of carbonyl (C=O) groups excluding carboxylic acids is 1. The fourth-order valence-corrected chi connectivity index (χ4v) is 1.46. The van der Waals surface area contributed by atoms with Gasteiger partial charge in [-0.3, -0.25) is 4.79 Å². The molecule has 0 aliphatic rings.